The summed E-state index contributed by atoms with van der Waals surface area (Å²) >= 11 is 0. The lowest BCUT2D eigenvalue weighted by Crippen LogP contribution is -2.00. The molecule has 0 N–H and O–H groups in total. The molecule has 2 aromatic heterocycles. The number of aromatic nitrogens is 2. The van der Waals surface area contributed by atoms with E-state index in [2.05, 4.69) is 5.16 Å². The van der Waals surface area contributed by atoms with Crippen LogP contribution in [0.1, 0.15) is 17.0 Å². The van der Waals surface area contributed by atoms with Crippen LogP contribution >= 0.6 is 0 Å². The Balaban J connectivity index is 2.08. The zero-order valence-electron chi connectivity index (χ0n) is 10.3. The van der Waals surface area contributed by atoms with Crippen molar-refractivity contribution in [1.82, 2.24) is 9.72 Å². The molecule has 3 rings (SSSR count). The van der Waals surface area contributed by atoms with Crippen LogP contribution in [0.15, 0.2) is 35.0 Å². The second-order valence-corrected chi connectivity index (χ2v) is 4.45. The van der Waals surface area contributed by atoms with E-state index in [4.69, 9.17) is 4.52 Å². The predicted octanol–water partition coefficient (Wildman–Crippen LogP) is 3.43. The lowest BCUT2D eigenvalue weighted by atomic mass is 10.2. The van der Waals surface area contributed by atoms with E-state index < -0.39 is 0 Å². The third kappa shape index (κ3) is 1.70. The number of benzene rings is 1. The van der Waals surface area contributed by atoms with Gasteiger partial charge in [-0.3, -0.25) is 0 Å². The molecule has 0 aliphatic rings. The van der Waals surface area contributed by atoms with Gasteiger partial charge >= 0.3 is 0 Å². The Morgan fingerprint density at radius 1 is 1.28 bits per heavy atom. The quantitative estimate of drug-likeness (QED) is 0.691. The third-order valence-electron chi connectivity index (χ3n) is 3.25. The smallest absolute Gasteiger partial charge is 0.138 e. The van der Waals surface area contributed by atoms with E-state index in [1.54, 1.807) is 12.1 Å². The number of hydrogen-bond acceptors (Lipinski definition) is 2. The summed E-state index contributed by atoms with van der Waals surface area (Å²) in [6, 6.07) is 6.79. The number of hydrogen-bond donors (Lipinski definition) is 0. The Morgan fingerprint density at radius 3 is 2.83 bits per heavy atom. The molecule has 3 nitrogen and oxygen atoms in total. The molecular weight excluding hydrogens is 231 g/mol. The summed E-state index contributed by atoms with van der Waals surface area (Å²) in [5.74, 6) is 0.590. The number of aryl methyl sites for hydroxylation is 2. The number of fused-ring (bicyclic) bond motifs is 1. The highest BCUT2D eigenvalue weighted by Gasteiger charge is 2.11. The summed E-state index contributed by atoms with van der Waals surface area (Å²) in [6.07, 6.45) is 1.95. The molecule has 4 heteroatoms. The van der Waals surface area contributed by atoms with Crippen LogP contribution in [0.2, 0.25) is 0 Å². The summed E-state index contributed by atoms with van der Waals surface area (Å²) in [7, 11) is 0. The van der Waals surface area contributed by atoms with Gasteiger partial charge in [0, 0.05) is 11.8 Å². The summed E-state index contributed by atoms with van der Waals surface area (Å²) in [5.41, 5.74) is 2.82. The molecule has 0 atom stereocenters. The topological polar surface area (TPSA) is 31.0 Å². The fourth-order valence-electron chi connectivity index (χ4n) is 2.19. The van der Waals surface area contributed by atoms with Crippen LogP contribution in [-0.4, -0.2) is 9.72 Å². The molecule has 0 saturated heterocycles. The van der Waals surface area contributed by atoms with Crippen LogP contribution in [-0.2, 0) is 6.54 Å². The van der Waals surface area contributed by atoms with Gasteiger partial charge in [-0.15, -0.1) is 0 Å². The zero-order valence-corrected chi connectivity index (χ0v) is 10.3. The van der Waals surface area contributed by atoms with Crippen molar-refractivity contribution in [2.75, 3.05) is 0 Å². The minimum Gasteiger partial charge on any atom is -0.361 e. The largest absolute Gasteiger partial charge is 0.361 e. The Hall–Kier alpha value is -2.10. The van der Waals surface area contributed by atoms with Crippen LogP contribution in [0.25, 0.3) is 10.9 Å². The first-order valence-electron chi connectivity index (χ1n) is 5.81. The lowest BCUT2D eigenvalue weighted by molar-refractivity contribution is 0.392. The van der Waals surface area contributed by atoms with E-state index in [9.17, 15) is 4.39 Å². The van der Waals surface area contributed by atoms with E-state index in [1.807, 2.05) is 30.7 Å². The minimum absolute atomic E-state index is 0.221. The standard InChI is InChI=1S/C14H13FN2O/c1-9-13(10(2)18-16-9)8-17-6-5-11-3-4-12(15)7-14(11)17/h3-7H,8H2,1-2H3. The average molecular weight is 244 g/mol. The Labute approximate surface area is 104 Å². The molecule has 0 amide bonds. The van der Waals surface area contributed by atoms with Crippen LogP contribution in [0.4, 0.5) is 4.39 Å². The molecular formula is C14H13FN2O. The molecule has 18 heavy (non-hydrogen) atoms. The minimum atomic E-state index is -0.221. The van der Waals surface area contributed by atoms with Crippen molar-refractivity contribution in [1.29, 1.82) is 0 Å². The molecule has 0 fully saturated rings. The van der Waals surface area contributed by atoms with Gasteiger partial charge in [0.1, 0.15) is 11.6 Å². The van der Waals surface area contributed by atoms with Gasteiger partial charge in [-0.25, -0.2) is 4.39 Å². The highest BCUT2D eigenvalue weighted by Crippen LogP contribution is 2.20. The molecule has 0 aliphatic carbocycles. The van der Waals surface area contributed by atoms with Crippen LogP contribution in [0, 0.1) is 19.7 Å². The fraction of sp³-hybridized carbons (Fsp3) is 0.214. The van der Waals surface area contributed by atoms with Gasteiger partial charge in [0.2, 0.25) is 0 Å². The van der Waals surface area contributed by atoms with Gasteiger partial charge in [0.25, 0.3) is 0 Å². The van der Waals surface area contributed by atoms with E-state index in [0.29, 0.717) is 6.54 Å². The van der Waals surface area contributed by atoms with Crippen molar-refractivity contribution in [3.05, 3.63) is 53.3 Å². The average Bonchev–Trinajstić information content (AvgIpc) is 2.88. The second kappa shape index (κ2) is 3.98. The summed E-state index contributed by atoms with van der Waals surface area (Å²) in [5, 5.41) is 4.96. The Kier molecular flexibility index (Phi) is 2.44. The SMILES string of the molecule is Cc1noc(C)c1Cn1ccc2ccc(F)cc21. The fourth-order valence-corrected chi connectivity index (χ4v) is 2.19. The van der Waals surface area contributed by atoms with E-state index in [-0.39, 0.29) is 5.82 Å². The molecule has 2 heterocycles. The van der Waals surface area contributed by atoms with Gasteiger partial charge in [-0.2, -0.15) is 0 Å². The zero-order chi connectivity index (χ0) is 12.7. The first kappa shape index (κ1) is 11.0. The third-order valence-corrected chi connectivity index (χ3v) is 3.25. The van der Waals surface area contributed by atoms with Crippen molar-refractivity contribution < 1.29 is 8.91 Å². The molecule has 92 valence electrons. The van der Waals surface area contributed by atoms with E-state index in [1.165, 1.54) is 6.07 Å². The first-order valence-corrected chi connectivity index (χ1v) is 5.81. The second-order valence-electron chi connectivity index (χ2n) is 4.45. The summed E-state index contributed by atoms with van der Waals surface area (Å²) in [6.45, 7) is 4.45. The maximum Gasteiger partial charge on any atom is 0.138 e. The summed E-state index contributed by atoms with van der Waals surface area (Å²) < 4.78 is 20.4. The summed E-state index contributed by atoms with van der Waals surface area (Å²) in [4.78, 5) is 0. The van der Waals surface area contributed by atoms with Gasteiger partial charge in [-0.05, 0) is 43.5 Å². The first-order chi connectivity index (χ1) is 8.65. The Bertz CT molecular complexity index is 692. The maximum absolute atomic E-state index is 13.3. The molecule has 0 saturated carbocycles. The monoisotopic (exact) mass is 244 g/mol. The van der Waals surface area contributed by atoms with Crippen LogP contribution < -0.4 is 0 Å². The van der Waals surface area contributed by atoms with Crippen LogP contribution in [0.3, 0.4) is 0 Å². The van der Waals surface area contributed by atoms with Crippen molar-refractivity contribution >= 4 is 10.9 Å². The highest BCUT2D eigenvalue weighted by atomic mass is 19.1. The van der Waals surface area contributed by atoms with Crippen molar-refractivity contribution in [3.8, 4) is 0 Å². The highest BCUT2D eigenvalue weighted by molar-refractivity contribution is 5.80. The molecule has 3 aromatic rings. The van der Waals surface area contributed by atoms with Crippen molar-refractivity contribution in [2.45, 2.75) is 20.4 Å². The normalized spacial score (nSPS) is 11.3. The van der Waals surface area contributed by atoms with Gasteiger partial charge in [-0.1, -0.05) is 5.16 Å². The molecule has 1 aromatic carbocycles. The van der Waals surface area contributed by atoms with Crippen molar-refractivity contribution in [2.24, 2.45) is 0 Å². The van der Waals surface area contributed by atoms with Gasteiger partial charge in [0.05, 0.1) is 17.8 Å². The molecule has 0 bridgehead atoms. The van der Waals surface area contributed by atoms with Gasteiger partial charge in [0.15, 0.2) is 0 Å². The molecule has 0 unspecified atom stereocenters. The van der Waals surface area contributed by atoms with E-state index in [0.717, 1.165) is 27.9 Å². The maximum atomic E-state index is 13.3. The molecule has 0 radical (unpaired) electrons. The lowest BCUT2D eigenvalue weighted by Gasteiger charge is -2.05. The molecule has 0 spiro atoms. The Morgan fingerprint density at radius 2 is 2.11 bits per heavy atom. The number of nitrogens with zero attached hydrogens (tertiary/aromatic N) is 2. The number of rotatable bonds is 2. The van der Waals surface area contributed by atoms with Gasteiger partial charge < -0.3 is 9.09 Å². The number of halogens is 1. The van der Waals surface area contributed by atoms with E-state index >= 15 is 0 Å². The molecule has 0 aliphatic heterocycles. The van der Waals surface area contributed by atoms with Crippen molar-refractivity contribution in [3.63, 3.8) is 0 Å². The van der Waals surface area contributed by atoms with Crippen LogP contribution in [0.5, 0.6) is 0 Å². The predicted molar refractivity (Wildman–Crippen MR) is 67.0 cm³/mol.